The highest BCUT2D eigenvalue weighted by Crippen LogP contribution is 2.19. The number of benzene rings is 1. The standard InChI is InChI=1S/C19H23N3O2/c1-15-6-10-21(11-7-15)14-16-2-4-18(5-3-16)20-19(23)17-8-12-22(24)13-9-17/h2-5,8-9,12-13,15H,6-7,10-11,14H2,1H3,(H,20,23). The molecule has 1 aromatic heterocycles. The zero-order chi connectivity index (χ0) is 16.9. The van der Waals surface area contributed by atoms with Crippen LogP contribution in [-0.2, 0) is 6.54 Å². The molecule has 0 saturated carbocycles. The summed E-state index contributed by atoms with van der Waals surface area (Å²) in [6.45, 7) is 5.60. The maximum atomic E-state index is 12.1. The van der Waals surface area contributed by atoms with Crippen LogP contribution in [0.3, 0.4) is 0 Å². The second-order valence-corrected chi connectivity index (χ2v) is 6.56. The number of aromatic nitrogens is 1. The van der Waals surface area contributed by atoms with Gasteiger partial charge in [0.15, 0.2) is 12.4 Å². The van der Waals surface area contributed by atoms with Crippen LogP contribution in [0.1, 0.15) is 35.7 Å². The molecule has 1 saturated heterocycles. The Morgan fingerprint density at radius 2 is 1.79 bits per heavy atom. The number of likely N-dealkylation sites (tertiary alicyclic amines) is 1. The summed E-state index contributed by atoms with van der Waals surface area (Å²) in [6, 6.07) is 11.0. The van der Waals surface area contributed by atoms with Crippen molar-refractivity contribution in [1.82, 2.24) is 4.90 Å². The van der Waals surface area contributed by atoms with Gasteiger partial charge < -0.3 is 10.5 Å². The molecule has 5 heteroatoms. The zero-order valence-corrected chi connectivity index (χ0v) is 13.9. The smallest absolute Gasteiger partial charge is 0.256 e. The lowest BCUT2D eigenvalue weighted by atomic mass is 9.99. The number of hydrogen-bond acceptors (Lipinski definition) is 3. The van der Waals surface area contributed by atoms with Gasteiger partial charge in [-0.05, 0) is 49.5 Å². The molecule has 3 rings (SSSR count). The van der Waals surface area contributed by atoms with Crippen LogP contribution in [0.15, 0.2) is 48.8 Å². The molecule has 0 unspecified atom stereocenters. The summed E-state index contributed by atoms with van der Waals surface area (Å²) in [7, 11) is 0. The molecule has 5 nitrogen and oxygen atoms in total. The van der Waals surface area contributed by atoms with E-state index in [4.69, 9.17) is 0 Å². The van der Waals surface area contributed by atoms with Crippen molar-refractivity contribution in [2.24, 2.45) is 5.92 Å². The van der Waals surface area contributed by atoms with Crippen molar-refractivity contribution in [2.45, 2.75) is 26.3 Å². The second kappa shape index (κ2) is 7.45. The monoisotopic (exact) mass is 325 g/mol. The summed E-state index contributed by atoms with van der Waals surface area (Å²) in [5, 5.41) is 13.9. The topological polar surface area (TPSA) is 59.3 Å². The first-order valence-electron chi connectivity index (χ1n) is 8.41. The Morgan fingerprint density at radius 3 is 2.42 bits per heavy atom. The van der Waals surface area contributed by atoms with Gasteiger partial charge >= 0.3 is 0 Å². The average Bonchev–Trinajstić information content (AvgIpc) is 2.59. The first-order valence-corrected chi connectivity index (χ1v) is 8.41. The Bertz CT molecular complexity index is 675. The van der Waals surface area contributed by atoms with E-state index in [0.29, 0.717) is 10.3 Å². The van der Waals surface area contributed by atoms with Gasteiger partial charge in [0, 0.05) is 24.4 Å². The number of carbonyl (C=O) groups excluding carboxylic acids is 1. The predicted octanol–water partition coefficient (Wildman–Crippen LogP) is 2.80. The van der Waals surface area contributed by atoms with Gasteiger partial charge in [-0.2, -0.15) is 4.73 Å². The molecular formula is C19H23N3O2. The molecule has 0 bridgehead atoms. The number of anilines is 1. The Labute approximate surface area is 142 Å². The first-order chi connectivity index (χ1) is 11.6. The predicted molar refractivity (Wildman–Crippen MR) is 93.5 cm³/mol. The quantitative estimate of drug-likeness (QED) is 0.694. The van der Waals surface area contributed by atoms with Crippen molar-refractivity contribution in [3.05, 3.63) is 65.1 Å². The van der Waals surface area contributed by atoms with Crippen molar-refractivity contribution in [3.8, 4) is 0 Å². The Balaban J connectivity index is 1.56. The summed E-state index contributed by atoms with van der Waals surface area (Å²) < 4.78 is 0.660. The maximum absolute atomic E-state index is 12.1. The van der Waals surface area contributed by atoms with Crippen LogP contribution in [0.4, 0.5) is 5.69 Å². The molecule has 1 aromatic carbocycles. The SMILES string of the molecule is CC1CCN(Cc2ccc(NC(=O)c3cc[n+]([O-])cc3)cc2)CC1. The molecule has 2 aromatic rings. The van der Waals surface area contributed by atoms with Gasteiger partial charge in [0.25, 0.3) is 5.91 Å². The molecule has 24 heavy (non-hydrogen) atoms. The molecule has 126 valence electrons. The van der Waals surface area contributed by atoms with Gasteiger partial charge in [0.05, 0.1) is 5.56 Å². The number of nitrogens with one attached hydrogen (secondary N) is 1. The van der Waals surface area contributed by atoms with Crippen LogP contribution in [0.25, 0.3) is 0 Å². The highest BCUT2D eigenvalue weighted by atomic mass is 16.5. The van der Waals surface area contributed by atoms with E-state index in [9.17, 15) is 10.0 Å². The minimum absolute atomic E-state index is 0.214. The Morgan fingerprint density at radius 1 is 1.17 bits per heavy atom. The van der Waals surface area contributed by atoms with E-state index in [0.717, 1.165) is 31.2 Å². The van der Waals surface area contributed by atoms with Gasteiger partial charge in [-0.3, -0.25) is 9.69 Å². The minimum atomic E-state index is -0.214. The van der Waals surface area contributed by atoms with Gasteiger partial charge in [-0.1, -0.05) is 19.1 Å². The molecule has 0 spiro atoms. The van der Waals surface area contributed by atoms with Crippen molar-refractivity contribution >= 4 is 11.6 Å². The lowest BCUT2D eigenvalue weighted by molar-refractivity contribution is -0.605. The molecule has 1 N–H and O–H groups in total. The van der Waals surface area contributed by atoms with Crippen molar-refractivity contribution in [2.75, 3.05) is 18.4 Å². The van der Waals surface area contributed by atoms with Crippen LogP contribution in [-0.4, -0.2) is 23.9 Å². The van der Waals surface area contributed by atoms with E-state index in [1.807, 2.05) is 12.1 Å². The number of hydrogen-bond donors (Lipinski definition) is 1. The average molecular weight is 325 g/mol. The van der Waals surface area contributed by atoms with Gasteiger partial charge in [-0.25, -0.2) is 0 Å². The fraction of sp³-hybridized carbons (Fsp3) is 0.368. The number of rotatable bonds is 4. The Kier molecular flexibility index (Phi) is 5.11. The molecule has 0 atom stereocenters. The van der Waals surface area contributed by atoms with Crippen molar-refractivity contribution < 1.29 is 9.52 Å². The third-order valence-corrected chi connectivity index (χ3v) is 4.56. The van der Waals surface area contributed by atoms with E-state index < -0.39 is 0 Å². The van der Waals surface area contributed by atoms with E-state index >= 15 is 0 Å². The third-order valence-electron chi connectivity index (χ3n) is 4.56. The largest absolute Gasteiger partial charge is 0.619 e. The third kappa shape index (κ3) is 4.32. The summed E-state index contributed by atoms with van der Waals surface area (Å²) in [5.41, 5.74) is 2.48. The fourth-order valence-corrected chi connectivity index (χ4v) is 2.94. The molecule has 1 fully saturated rings. The molecule has 2 heterocycles. The minimum Gasteiger partial charge on any atom is -0.619 e. The van der Waals surface area contributed by atoms with Crippen LogP contribution in [0.5, 0.6) is 0 Å². The molecule has 1 amide bonds. The van der Waals surface area contributed by atoms with Gasteiger partial charge in [-0.15, -0.1) is 0 Å². The number of amides is 1. The maximum Gasteiger partial charge on any atom is 0.256 e. The van der Waals surface area contributed by atoms with Gasteiger partial charge in [0.1, 0.15) is 0 Å². The number of pyridine rings is 1. The van der Waals surface area contributed by atoms with E-state index in [1.165, 1.54) is 42.9 Å². The summed E-state index contributed by atoms with van der Waals surface area (Å²) in [4.78, 5) is 14.6. The van der Waals surface area contributed by atoms with E-state index in [-0.39, 0.29) is 5.91 Å². The molecule has 0 radical (unpaired) electrons. The summed E-state index contributed by atoms with van der Waals surface area (Å²) in [5.74, 6) is 0.626. The highest BCUT2D eigenvalue weighted by Gasteiger charge is 2.15. The number of nitrogens with zero attached hydrogens (tertiary/aromatic N) is 2. The second-order valence-electron chi connectivity index (χ2n) is 6.56. The summed E-state index contributed by atoms with van der Waals surface area (Å²) in [6.07, 6.45) is 5.18. The lowest BCUT2D eigenvalue weighted by Crippen LogP contribution is -2.32. The van der Waals surface area contributed by atoms with E-state index in [1.54, 1.807) is 0 Å². The first kappa shape index (κ1) is 16.5. The summed E-state index contributed by atoms with van der Waals surface area (Å²) >= 11 is 0. The molecular weight excluding hydrogens is 302 g/mol. The normalized spacial score (nSPS) is 16.0. The highest BCUT2D eigenvalue weighted by molar-refractivity contribution is 6.04. The van der Waals surface area contributed by atoms with Crippen molar-refractivity contribution in [3.63, 3.8) is 0 Å². The lowest BCUT2D eigenvalue weighted by Gasteiger charge is -2.30. The van der Waals surface area contributed by atoms with Crippen LogP contribution in [0.2, 0.25) is 0 Å². The van der Waals surface area contributed by atoms with Crippen LogP contribution >= 0.6 is 0 Å². The zero-order valence-electron chi connectivity index (χ0n) is 13.9. The van der Waals surface area contributed by atoms with Crippen LogP contribution in [0, 0.1) is 11.1 Å². The molecule has 0 aliphatic carbocycles. The molecule has 1 aliphatic rings. The number of piperidine rings is 1. The van der Waals surface area contributed by atoms with Crippen molar-refractivity contribution in [1.29, 1.82) is 0 Å². The Hall–Kier alpha value is -2.40. The fourth-order valence-electron chi connectivity index (χ4n) is 2.94. The van der Waals surface area contributed by atoms with Crippen LogP contribution < -0.4 is 10.0 Å². The van der Waals surface area contributed by atoms with E-state index in [2.05, 4.69) is 29.3 Å². The molecule has 1 aliphatic heterocycles. The van der Waals surface area contributed by atoms with Gasteiger partial charge in [0.2, 0.25) is 0 Å². The number of carbonyl (C=O) groups is 1.